The summed E-state index contributed by atoms with van der Waals surface area (Å²) in [6.07, 6.45) is 3.25. The standard InChI is InChI=1S/C21H21N7O2/c1-12(2)16-8-19(27-26-16)25-21(29)28-6-5-13-7-14(3-4-18(13)28)30-20-15-9-22-10-17(15)23-11-24-20/h3-8,11-12,22H,9-10H2,1-2H3,(H2,25,26,27,29). The molecule has 0 saturated heterocycles. The van der Waals surface area contributed by atoms with E-state index in [9.17, 15) is 4.79 Å². The van der Waals surface area contributed by atoms with Gasteiger partial charge in [-0.05, 0) is 30.2 Å². The predicted octanol–water partition coefficient (Wildman–Crippen LogP) is 3.75. The third kappa shape index (κ3) is 3.29. The zero-order valence-corrected chi connectivity index (χ0v) is 16.6. The first kappa shape index (κ1) is 18.3. The number of anilines is 1. The Labute approximate surface area is 172 Å². The Balaban J connectivity index is 1.37. The van der Waals surface area contributed by atoms with Crippen LogP contribution in [0.15, 0.2) is 42.9 Å². The van der Waals surface area contributed by atoms with Gasteiger partial charge in [-0.25, -0.2) is 14.8 Å². The van der Waals surface area contributed by atoms with E-state index in [0.29, 0.717) is 24.0 Å². The fourth-order valence-corrected chi connectivity index (χ4v) is 3.50. The van der Waals surface area contributed by atoms with Crippen LogP contribution in [0.25, 0.3) is 10.9 Å². The normalized spacial score (nSPS) is 13.0. The Kier molecular flexibility index (Phi) is 4.44. The van der Waals surface area contributed by atoms with Crippen LogP contribution in [0, 0.1) is 0 Å². The van der Waals surface area contributed by atoms with Crippen LogP contribution in [0.3, 0.4) is 0 Å². The topological polar surface area (TPSA) is 110 Å². The fourth-order valence-electron chi connectivity index (χ4n) is 3.50. The van der Waals surface area contributed by atoms with Gasteiger partial charge in [-0.15, -0.1) is 0 Å². The first-order valence-electron chi connectivity index (χ1n) is 9.77. The van der Waals surface area contributed by atoms with E-state index < -0.39 is 0 Å². The second-order valence-corrected chi connectivity index (χ2v) is 7.51. The minimum atomic E-state index is -0.266. The summed E-state index contributed by atoms with van der Waals surface area (Å²) in [4.78, 5) is 21.3. The lowest BCUT2D eigenvalue weighted by Gasteiger charge is -2.09. The molecule has 3 aromatic heterocycles. The second kappa shape index (κ2) is 7.27. The molecule has 3 N–H and O–H groups in total. The van der Waals surface area contributed by atoms with Crippen molar-refractivity contribution in [3.8, 4) is 11.6 Å². The van der Waals surface area contributed by atoms with Gasteiger partial charge in [-0.3, -0.25) is 15.0 Å². The van der Waals surface area contributed by atoms with E-state index in [4.69, 9.17) is 4.74 Å². The minimum absolute atomic E-state index is 0.266. The number of aromatic amines is 1. The van der Waals surface area contributed by atoms with E-state index in [1.165, 1.54) is 6.33 Å². The molecule has 9 nitrogen and oxygen atoms in total. The Morgan fingerprint density at radius 2 is 2.10 bits per heavy atom. The zero-order valence-electron chi connectivity index (χ0n) is 16.6. The molecule has 1 amide bonds. The van der Waals surface area contributed by atoms with Gasteiger partial charge < -0.3 is 10.1 Å². The molecule has 4 aromatic rings. The van der Waals surface area contributed by atoms with Crippen molar-refractivity contribution in [2.75, 3.05) is 5.32 Å². The van der Waals surface area contributed by atoms with Gasteiger partial charge in [0.05, 0.1) is 22.5 Å². The largest absolute Gasteiger partial charge is 0.439 e. The number of H-pyrrole nitrogens is 1. The molecule has 9 heteroatoms. The van der Waals surface area contributed by atoms with Crippen LogP contribution < -0.4 is 15.4 Å². The fraction of sp³-hybridized carbons (Fsp3) is 0.238. The number of nitrogens with zero attached hydrogens (tertiary/aromatic N) is 4. The SMILES string of the molecule is CC(C)c1cc(NC(=O)n2ccc3cc(Oc4ncnc5c4CNC5)ccc32)[nH]n1. The van der Waals surface area contributed by atoms with Crippen LogP contribution in [0.5, 0.6) is 11.6 Å². The van der Waals surface area contributed by atoms with Crippen LogP contribution >= 0.6 is 0 Å². The molecule has 152 valence electrons. The van der Waals surface area contributed by atoms with Crippen molar-refractivity contribution in [1.29, 1.82) is 0 Å². The molecule has 0 fully saturated rings. The molecule has 4 heterocycles. The molecule has 0 spiro atoms. The molecule has 1 aliphatic rings. The van der Waals surface area contributed by atoms with Gasteiger partial charge >= 0.3 is 6.03 Å². The molecule has 30 heavy (non-hydrogen) atoms. The molecule has 5 rings (SSSR count). The summed E-state index contributed by atoms with van der Waals surface area (Å²) >= 11 is 0. The van der Waals surface area contributed by atoms with E-state index in [1.54, 1.807) is 10.8 Å². The second-order valence-electron chi connectivity index (χ2n) is 7.51. The van der Waals surface area contributed by atoms with Crippen molar-refractivity contribution in [2.24, 2.45) is 0 Å². The van der Waals surface area contributed by atoms with E-state index >= 15 is 0 Å². The number of carbonyl (C=O) groups excluding carboxylic acids is 1. The van der Waals surface area contributed by atoms with Crippen molar-refractivity contribution in [3.63, 3.8) is 0 Å². The summed E-state index contributed by atoms with van der Waals surface area (Å²) in [6.45, 7) is 5.51. The van der Waals surface area contributed by atoms with Gasteiger partial charge in [-0.1, -0.05) is 13.8 Å². The number of fused-ring (bicyclic) bond motifs is 2. The van der Waals surface area contributed by atoms with Crippen molar-refractivity contribution in [3.05, 3.63) is 59.8 Å². The number of carbonyl (C=O) groups is 1. The summed E-state index contributed by atoms with van der Waals surface area (Å²) in [5.74, 6) is 2.06. The zero-order chi connectivity index (χ0) is 20.7. The predicted molar refractivity (Wildman–Crippen MR) is 112 cm³/mol. The number of rotatable bonds is 4. The minimum Gasteiger partial charge on any atom is -0.439 e. The van der Waals surface area contributed by atoms with Gasteiger partial charge in [0.15, 0.2) is 0 Å². The molecule has 0 bridgehead atoms. The van der Waals surface area contributed by atoms with Crippen LogP contribution in [0.4, 0.5) is 10.6 Å². The maximum atomic E-state index is 12.7. The quantitative estimate of drug-likeness (QED) is 0.479. The molecule has 0 saturated carbocycles. The molecule has 0 radical (unpaired) electrons. The van der Waals surface area contributed by atoms with E-state index in [2.05, 4.69) is 30.8 Å². The lowest BCUT2D eigenvalue weighted by molar-refractivity contribution is 0.254. The number of benzene rings is 1. The monoisotopic (exact) mass is 403 g/mol. The summed E-state index contributed by atoms with van der Waals surface area (Å²) in [5.41, 5.74) is 3.62. The van der Waals surface area contributed by atoms with Gasteiger partial charge in [0.25, 0.3) is 0 Å². The Hall–Kier alpha value is -3.72. The summed E-state index contributed by atoms with van der Waals surface area (Å²) < 4.78 is 7.56. The first-order chi connectivity index (χ1) is 14.6. The third-order valence-electron chi connectivity index (χ3n) is 5.12. The maximum absolute atomic E-state index is 12.7. The van der Waals surface area contributed by atoms with Crippen molar-refractivity contribution < 1.29 is 9.53 Å². The summed E-state index contributed by atoms with van der Waals surface area (Å²) in [6, 6.07) is 9.03. The maximum Gasteiger partial charge on any atom is 0.331 e. The van der Waals surface area contributed by atoms with Crippen LogP contribution in [0.1, 0.15) is 36.7 Å². The summed E-state index contributed by atoms with van der Waals surface area (Å²) in [7, 11) is 0. The molecule has 1 aromatic carbocycles. The molecule has 0 unspecified atom stereocenters. The highest BCUT2D eigenvalue weighted by Gasteiger charge is 2.18. The van der Waals surface area contributed by atoms with Gasteiger partial charge in [0.2, 0.25) is 5.88 Å². The highest BCUT2D eigenvalue weighted by molar-refractivity contribution is 5.98. The van der Waals surface area contributed by atoms with Crippen LogP contribution in [-0.2, 0) is 13.1 Å². The average Bonchev–Trinajstić information content (AvgIpc) is 3.47. The van der Waals surface area contributed by atoms with Gasteiger partial charge in [0.1, 0.15) is 17.9 Å². The Morgan fingerprint density at radius 3 is 2.93 bits per heavy atom. The number of ether oxygens (including phenoxy) is 1. The first-order valence-corrected chi connectivity index (χ1v) is 9.77. The molecule has 1 aliphatic heterocycles. The van der Waals surface area contributed by atoms with Gasteiger partial charge in [0, 0.05) is 30.7 Å². The van der Waals surface area contributed by atoms with Crippen LogP contribution in [-0.4, -0.2) is 30.8 Å². The third-order valence-corrected chi connectivity index (χ3v) is 5.12. The van der Waals surface area contributed by atoms with Crippen LogP contribution in [0.2, 0.25) is 0 Å². The van der Waals surface area contributed by atoms with Crippen molar-refractivity contribution in [1.82, 2.24) is 30.0 Å². The Bertz CT molecular complexity index is 1240. The molecule has 0 atom stereocenters. The van der Waals surface area contributed by atoms with Crippen molar-refractivity contribution >= 4 is 22.8 Å². The molecule has 0 aliphatic carbocycles. The number of nitrogens with one attached hydrogen (secondary N) is 3. The van der Waals surface area contributed by atoms with Gasteiger partial charge in [-0.2, -0.15) is 5.10 Å². The molecular formula is C21H21N7O2. The van der Waals surface area contributed by atoms with E-state index in [1.807, 2.05) is 44.2 Å². The lowest BCUT2D eigenvalue weighted by Crippen LogP contribution is -2.18. The highest BCUT2D eigenvalue weighted by atomic mass is 16.5. The summed E-state index contributed by atoms with van der Waals surface area (Å²) in [5, 5.41) is 14.0. The number of hydrogen-bond donors (Lipinski definition) is 3. The van der Waals surface area contributed by atoms with E-state index in [-0.39, 0.29) is 11.9 Å². The molecular weight excluding hydrogens is 382 g/mol. The van der Waals surface area contributed by atoms with Crippen molar-refractivity contribution in [2.45, 2.75) is 32.9 Å². The lowest BCUT2D eigenvalue weighted by atomic mass is 10.1. The van der Waals surface area contributed by atoms with E-state index in [0.717, 1.165) is 34.4 Å². The number of aromatic nitrogens is 5. The average molecular weight is 403 g/mol. The number of hydrogen-bond acceptors (Lipinski definition) is 6. The number of amides is 1. The smallest absolute Gasteiger partial charge is 0.331 e. The highest BCUT2D eigenvalue weighted by Crippen LogP contribution is 2.29. The Morgan fingerprint density at radius 1 is 1.20 bits per heavy atom.